The van der Waals surface area contributed by atoms with Crippen LogP contribution in [-0.2, 0) is 0 Å². The number of rotatable bonds is 4. The highest BCUT2D eigenvalue weighted by Gasteiger charge is 2.25. The van der Waals surface area contributed by atoms with Gasteiger partial charge in [0, 0.05) is 36.0 Å². The van der Waals surface area contributed by atoms with Gasteiger partial charge in [-0.15, -0.1) is 11.3 Å². The standard InChI is InChI=1S/C24H19N5OS2/c25-15-17-5-1-3-7-20(17)32-21-8-4-2-6-18(21)24(30)29-12-10-28(11-13-29)22-19-9-14-31-23(19)27-16-26-22/h1-9,14,16H,10-13H2. The van der Waals surface area contributed by atoms with E-state index in [0.29, 0.717) is 24.2 Å². The number of hydrogen-bond donors (Lipinski definition) is 0. The molecule has 0 spiro atoms. The molecule has 0 N–H and O–H groups in total. The number of benzene rings is 2. The van der Waals surface area contributed by atoms with Gasteiger partial charge in [0.25, 0.3) is 5.91 Å². The third kappa shape index (κ3) is 3.93. The fraction of sp³-hybridized carbons (Fsp3) is 0.167. The normalized spacial score (nSPS) is 13.8. The van der Waals surface area contributed by atoms with Gasteiger partial charge in [0.1, 0.15) is 23.0 Å². The summed E-state index contributed by atoms with van der Waals surface area (Å²) >= 11 is 3.07. The summed E-state index contributed by atoms with van der Waals surface area (Å²) < 4.78 is 0. The maximum Gasteiger partial charge on any atom is 0.255 e. The Morgan fingerprint density at radius 2 is 1.72 bits per heavy atom. The van der Waals surface area contributed by atoms with Crippen LogP contribution < -0.4 is 4.90 Å². The van der Waals surface area contributed by atoms with Gasteiger partial charge in [-0.1, -0.05) is 36.0 Å². The van der Waals surface area contributed by atoms with Crippen LogP contribution in [0.25, 0.3) is 10.2 Å². The Labute approximate surface area is 194 Å². The van der Waals surface area contributed by atoms with E-state index in [9.17, 15) is 10.1 Å². The molecule has 1 amide bonds. The first-order valence-corrected chi connectivity index (χ1v) is 11.9. The Kier molecular flexibility index (Phi) is 5.75. The number of carbonyl (C=O) groups is 1. The topological polar surface area (TPSA) is 73.1 Å². The van der Waals surface area contributed by atoms with Crippen molar-refractivity contribution in [1.29, 1.82) is 5.26 Å². The number of thiophene rings is 1. The van der Waals surface area contributed by atoms with Crippen molar-refractivity contribution < 1.29 is 4.79 Å². The molecular formula is C24H19N5OS2. The van der Waals surface area contributed by atoms with Crippen LogP contribution >= 0.6 is 23.1 Å². The summed E-state index contributed by atoms with van der Waals surface area (Å²) in [6.07, 6.45) is 1.61. The van der Waals surface area contributed by atoms with Crippen LogP contribution in [0, 0.1) is 11.3 Å². The van der Waals surface area contributed by atoms with Crippen LogP contribution in [0.5, 0.6) is 0 Å². The Morgan fingerprint density at radius 1 is 0.969 bits per heavy atom. The van der Waals surface area contributed by atoms with Gasteiger partial charge in [-0.05, 0) is 35.7 Å². The van der Waals surface area contributed by atoms with E-state index in [2.05, 4.69) is 27.0 Å². The van der Waals surface area contributed by atoms with Crippen LogP contribution in [0.1, 0.15) is 15.9 Å². The maximum absolute atomic E-state index is 13.4. The van der Waals surface area contributed by atoms with Crippen molar-refractivity contribution in [1.82, 2.24) is 14.9 Å². The van der Waals surface area contributed by atoms with Crippen molar-refractivity contribution in [3.63, 3.8) is 0 Å². The maximum atomic E-state index is 13.4. The summed E-state index contributed by atoms with van der Waals surface area (Å²) in [5, 5.41) is 12.5. The Balaban J connectivity index is 1.33. The van der Waals surface area contributed by atoms with Crippen molar-refractivity contribution in [2.75, 3.05) is 31.1 Å². The molecule has 3 heterocycles. The highest BCUT2D eigenvalue weighted by molar-refractivity contribution is 7.99. The van der Waals surface area contributed by atoms with Crippen molar-refractivity contribution >= 4 is 45.0 Å². The lowest BCUT2D eigenvalue weighted by Gasteiger charge is -2.35. The van der Waals surface area contributed by atoms with E-state index in [1.54, 1.807) is 23.7 Å². The molecule has 1 aliphatic heterocycles. The van der Waals surface area contributed by atoms with Crippen LogP contribution in [0.2, 0.25) is 0 Å². The van der Waals surface area contributed by atoms with E-state index >= 15 is 0 Å². The lowest BCUT2D eigenvalue weighted by Crippen LogP contribution is -2.49. The van der Waals surface area contributed by atoms with Crippen LogP contribution in [0.15, 0.2) is 76.1 Å². The highest BCUT2D eigenvalue weighted by Crippen LogP contribution is 2.33. The fourth-order valence-electron chi connectivity index (χ4n) is 3.82. The average Bonchev–Trinajstić information content (AvgIpc) is 3.34. The third-order valence-electron chi connectivity index (χ3n) is 5.45. The van der Waals surface area contributed by atoms with Gasteiger partial charge in [0.15, 0.2) is 0 Å². The number of amides is 1. The first kappa shape index (κ1) is 20.5. The molecule has 0 bridgehead atoms. The molecule has 5 rings (SSSR count). The second-order valence-electron chi connectivity index (χ2n) is 7.32. The van der Waals surface area contributed by atoms with Gasteiger partial charge in [0.2, 0.25) is 0 Å². The minimum absolute atomic E-state index is 0.0190. The number of fused-ring (bicyclic) bond motifs is 1. The zero-order chi connectivity index (χ0) is 21.9. The molecule has 8 heteroatoms. The monoisotopic (exact) mass is 457 g/mol. The van der Waals surface area contributed by atoms with Gasteiger partial charge in [-0.25, -0.2) is 9.97 Å². The minimum Gasteiger partial charge on any atom is -0.352 e. The summed E-state index contributed by atoms with van der Waals surface area (Å²) in [4.78, 5) is 29.0. The van der Waals surface area contributed by atoms with Crippen LogP contribution in [-0.4, -0.2) is 47.0 Å². The molecule has 0 aliphatic carbocycles. The molecule has 158 valence electrons. The molecule has 32 heavy (non-hydrogen) atoms. The molecule has 6 nitrogen and oxygen atoms in total. The van der Waals surface area contributed by atoms with E-state index in [0.717, 1.165) is 38.9 Å². The third-order valence-corrected chi connectivity index (χ3v) is 7.42. The molecule has 0 unspecified atom stereocenters. The molecule has 1 aliphatic rings. The molecule has 1 fully saturated rings. The van der Waals surface area contributed by atoms with E-state index in [1.165, 1.54) is 11.8 Å². The molecule has 1 saturated heterocycles. The average molecular weight is 458 g/mol. The number of nitriles is 1. The summed E-state index contributed by atoms with van der Waals surface area (Å²) in [6, 6.07) is 19.4. The number of piperazine rings is 1. The van der Waals surface area contributed by atoms with E-state index < -0.39 is 0 Å². The van der Waals surface area contributed by atoms with Crippen molar-refractivity contribution in [2.45, 2.75) is 9.79 Å². The van der Waals surface area contributed by atoms with E-state index in [-0.39, 0.29) is 5.91 Å². The number of hydrogen-bond acceptors (Lipinski definition) is 7. The quantitative estimate of drug-likeness (QED) is 0.443. The number of anilines is 1. The van der Waals surface area contributed by atoms with Crippen molar-refractivity contribution in [3.8, 4) is 6.07 Å². The van der Waals surface area contributed by atoms with Crippen molar-refractivity contribution in [2.24, 2.45) is 0 Å². The SMILES string of the molecule is N#Cc1ccccc1Sc1ccccc1C(=O)N1CCN(c2ncnc3sccc23)CC1. The largest absolute Gasteiger partial charge is 0.352 e. The lowest BCUT2D eigenvalue weighted by atomic mass is 10.1. The van der Waals surface area contributed by atoms with Gasteiger partial charge < -0.3 is 9.80 Å². The van der Waals surface area contributed by atoms with E-state index in [4.69, 9.17) is 0 Å². The lowest BCUT2D eigenvalue weighted by molar-refractivity contribution is 0.0743. The summed E-state index contributed by atoms with van der Waals surface area (Å²) in [7, 11) is 0. The molecule has 2 aromatic carbocycles. The fourth-order valence-corrected chi connectivity index (χ4v) is 5.57. The number of nitrogens with zero attached hydrogens (tertiary/aromatic N) is 5. The summed E-state index contributed by atoms with van der Waals surface area (Å²) in [5.41, 5.74) is 1.28. The zero-order valence-corrected chi connectivity index (χ0v) is 18.8. The molecule has 2 aromatic heterocycles. The van der Waals surface area contributed by atoms with Gasteiger partial charge in [0.05, 0.1) is 16.5 Å². The highest BCUT2D eigenvalue weighted by atomic mass is 32.2. The summed E-state index contributed by atoms with van der Waals surface area (Å²) in [6.45, 7) is 2.70. The van der Waals surface area contributed by atoms with Crippen LogP contribution in [0.3, 0.4) is 0 Å². The molecular weight excluding hydrogens is 438 g/mol. The number of carbonyl (C=O) groups excluding carboxylic acids is 1. The number of aromatic nitrogens is 2. The Morgan fingerprint density at radius 3 is 2.53 bits per heavy atom. The second kappa shape index (κ2) is 8.99. The van der Waals surface area contributed by atoms with Gasteiger partial charge in [-0.2, -0.15) is 5.26 Å². The first-order valence-electron chi connectivity index (χ1n) is 10.2. The first-order chi connectivity index (χ1) is 15.7. The van der Waals surface area contributed by atoms with Crippen LogP contribution in [0.4, 0.5) is 5.82 Å². The molecule has 0 saturated carbocycles. The Bertz CT molecular complexity index is 1320. The summed E-state index contributed by atoms with van der Waals surface area (Å²) in [5.74, 6) is 0.956. The van der Waals surface area contributed by atoms with E-state index in [1.807, 2.05) is 52.7 Å². The molecule has 0 atom stereocenters. The molecule has 0 radical (unpaired) electrons. The van der Waals surface area contributed by atoms with Gasteiger partial charge >= 0.3 is 0 Å². The molecule has 4 aromatic rings. The Hall–Kier alpha value is -3.41. The van der Waals surface area contributed by atoms with Gasteiger partial charge in [-0.3, -0.25) is 4.79 Å². The smallest absolute Gasteiger partial charge is 0.255 e. The second-order valence-corrected chi connectivity index (χ2v) is 9.30. The predicted molar refractivity (Wildman–Crippen MR) is 127 cm³/mol. The predicted octanol–water partition coefficient (Wildman–Crippen LogP) is 4.68. The minimum atomic E-state index is 0.0190. The zero-order valence-electron chi connectivity index (χ0n) is 17.1. The van der Waals surface area contributed by atoms with Crippen molar-refractivity contribution in [3.05, 3.63) is 77.4 Å².